The molecule has 0 unspecified atom stereocenters. The molecule has 0 aliphatic carbocycles. The Kier molecular flexibility index (Phi) is 4.30. The Morgan fingerprint density at radius 1 is 1.58 bits per heavy atom. The first-order valence-electron chi connectivity index (χ1n) is 5.51. The minimum Gasteiger partial charge on any atom is -0.394 e. The van der Waals surface area contributed by atoms with Crippen LogP contribution >= 0.6 is 15.9 Å². The van der Waals surface area contributed by atoms with Crippen molar-refractivity contribution in [2.24, 2.45) is 0 Å². The van der Waals surface area contributed by atoms with E-state index in [1.54, 1.807) is 0 Å². The van der Waals surface area contributed by atoms with Gasteiger partial charge in [0.25, 0.3) is 5.56 Å². The van der Waals surface area contributed by atoms with Crippen LogP contribution in [0, 0.1) is 0 Å². The highest BCUT2D eigenvalue weighted by molar-refractivity contribution is 9.11. The first-order valence-corrected chi connectivity index (χ1v) is 6.42. The molecule has 0 amide bonds. The Bertz CT molecular complexity index is 596. The van der Waals surface area contributed by atoms with Gasteiger partial charge in [-0.2, -0.15) is 9.78 Å². The molecule has 8 nitrogen and oxygen atoms in total. The van der Waals surface area contributed by atoms with Gasteiger partial charge >= 0.3 is 5.69 Å². The zero-order valence-corrected chi connectivity index (χ0v) is 11.3. The largest absolute Gasteiger partial charge is 0.394 e. The van der Waals surface area contributed by atoms with Crippen LogP contribution in [0.2, 0.25) is 0 Å². The molecule has 19 heavy (non-hydrogen) atoms. The van der Waals surface area contributed by atoms with Gasteiger partial charge in [-0.05, 0) is 11.1 Å². The van der Waals surface area contributed by atoms with Crippen LogP contribution in [0.1, 0.15) is 18.3 Å². The smallest absolute Gasteiger partial charge is 0.347 e. The lowest BCUT2D eigenvalue weighted by molar-refractivity contribution is -0.0507. The number of aliphatic hydroxyl groups excluding tert-OH is 2. The average Bonchev–Trinajstić information content (AvgIpc) is 2.74. The number of nitrogens with one attached hydrogen (secondary N) is 1. The van der Waals surface area contributed by atoms with Crippen molar-refractivity contribution in [3.8, 4) is 0 Å². The summed E-state index contributed by atoms with van der Waals surface area (Å²) in [5, 5.41) is 22.5. The Morgan fingerprint density at radius 3 is 2.89 bits per heavy atom. The maximum atomic E-state index is 11.7. The molecule has 2 heterocycles. The van der Waals surface area contributed by atoms with Crippen molar-refractivity contribution in [2.45, 2.75) is 24.9 Å². The van der Waals surface area contributed by atoms with Crippen molar-refractivity contribution in [3.05, 3.63) is 31.5 Å². The fourth-order valence-electron chi connectivity index (χ4n) is 1.82. The zero-order valence-electron chi connectivity index (χ0n) is 9.69. The summed E-state index contributed by atoms with van der Waals surface area (Å²) in [6.07, 6.45) is -0.976. The van der Waals surface area contributed by atoms with E-state index in [9.17, 15) is 14.7 Å². The Hall–Kier alpha value is -1.29. The molecule has 1 saturated heterocycles. The molecule has 0 spiro atoms. The molecule has 1 aliphatic rings. The number of hydrogen-bond acceptors (Lipinski definition) is 6. The number of hydrogen-bond donors (Lipinski definition) is 3. The summed E-state index contributed by atoms with van der Waals surface area (Å²) in [5.41, 5.74) is -1.32. The van der Waals surface area contributed by atoms with Gasteiger partial charge in [0.15, 0.2) is 6.23 Å². The SMILES string of the molecule is O=c1[nH]c(=O)n([C@H]2C[C@H](O)[C@@H](CO)O2)nc1/C=C/Br. The van der Waals surface area contributed by atoms with Crippen molar-refractivity contribution in [2.75, 3.05) is 6.61 Å². The predicted octanol–water partition coefficient (Wildman–Crippen LogP) is -1.06. The molecular formula is C10H12BrN3O5. The normalized spacial score (nSPS) is 27.2. The van der Waals surface area contributed by atoms with Gasteiger partial charge in [-0.3, -0.25) is 9.78 Å². The number of aromatic nitrogens is 3. The molecule has 1 aromatic heterocycles. The minimum atomic E-state index is -0.884. The fourth-order valence-corrected chi connectivity index (χ4v) is 2.07. The molecule has 2 rings (SSSR count). The second kappa shape index (κ2) is 5.78. The second-order valence-corrected chi connectivity index (χ2v) is 4.53. The number of halogens is 1. The van der Waals surface area contributed by atoms with Crippen molar-refractivity contribution in [1.29, 1.82) is 0 Å². The highest BCUT2D eigenvalue weighted by Gasteiger charge is 2.35. The van der Waals surface area contributed by atoms with E-state index in [2.05, 4.69) is 26.0 Å². The van der Waals surface area contributed by atoms with Crippen molar-refractivity contribution in [3.63, 3.8) is 0 Å². The standard InChI is InChI=1S/C10H12BrN3O5/c11-2-1-5-9(17)12-10(18)14(13-5)8-3-6(16)7(4-15)19-8/h1-2,6-8,15-16H,3-4H2,(H,12,17,18)/b2-1+/t6-,7+,8+/m0/s1. The van der Waals surface area contributed by atoms with E-state index in [1.165, 1.54) is 11.1 Å². The lowest BCUT2D eigenvalue weighted by Gasteiger charge is -2.13. The maximum Gasteiger partial charge on any atom is 0.347 e. The van der Waals surface area contributed by atoms with E-state index >= 15 is 0 Å². The molecule has 3 atom stereocenters. The van der Waals surface area contributed by atoms with Crippen molar-refractivity contribution < 1.29 is 14.9 Å². The van der Waals surface area contributed by atoms with Gasteiger partial charge in [0.05, 0.1) is 12.7 Å². The fraction of sp³-hybridized carbons (Fsp3) is 0.500. The molecule has 0 aromatic carbocycles. The monoisotopic (exact) mass is 333 g/mol. The molecule has 9 heteroatoms. The number of ether oxygens (including phenoxy) is 1. The molecule has 0 radical (unpaired) electrons. The summed E-state index contributed by atoms with van der Waals surface area (Å²) in [6, 6.07) is 0. The molecule has 3 N–H and O–H groups in total. The van der Waals surface area contributed by atoms with Gasteiger partial charge in [-0.25, -0.2) is 4.79 Å². The van der Waals surface area contributed by atoms with E-state index in [0.29, 0.717) is 0 Å². The highest BCUT2D eigenvalue weighted by atomic mass is 79.9. The van der Waals surface area contributed by atoms with Crippen LogP contribution in [0.25, 0.3) is 6.08 Å². The van der Waals surface area contributed by atoms with Gasteiger partial charge in [0, 0.05) is 6.42 Å². The van der Waals surface area contributed by atoms with Crippen LogP contribution in [0.5, 0.6) is 0 Å². The first-order chi connectivity index (χ1) is 9.06. The van der Waals surface area contributed by atoms with E-state index < -0.39 is 29.7 Å². The highest BCUT2D eigenvalue weighted by Crippen LogP contribution is 2.26. The summed E-state index contributed by atoms with van der Waals surface area (Å²) in [6.45, 7) is -0.357. The van der Waals surface area contributed by atoms with Crippen molar-refractivity contribution >= 4 is 22.0 Å². The van der Waals surface area contributed by atoms with Gasteiger partial charge in [-0.1, -0.05) is 15.9 Å². The van der Waals surface area contributed by atoms with Crippen molar-refractivity contribution in [1.82, 2.24) is 14.8 Å². The van der Waals surface area contributed by atoms with Gasteiger partial charge in [0.1, 0.15) is 11.8 Å². The quantitative estimate of drug-likeness (QED) is 0.649. The topological polar surface area (TPSA) is 117 Å². The first kappa shape index (κ1) is 14.1. The zero-order chi connectivity index (χ0) is 14.0. The van der Waals surface area contributed by atoms with Crippen LogP contribution in [0.15, 0.2) is 14.6 Å². The number of nitrogens with zero attached hydrogens (tertiary/aromatic N) is 2. The van der Waals surface area contributed by atoms with Gasteiger partial charge in [-0.15, -0.1) is 0 Å². The molecule has 0 bridgehead atoms. The van der Waals surface area contributed by atoms with Crippen LogP contribution in [0.3, 0.4) is 0 Å². The predicted molar refractivity (Wildman–Crippen MR) is 68.7 cm³/mol. The molecular weight excluding hydrogens is 322 g/mol. The maximum absolute atomic E-state index is 11.7. The molecule has 1 aromatic rings. The average molecular weight is 334 g/mol. The number of H-pyrrole nitrogens is 1. The number of aromatic amines is 1. The third kappa shape index (κ3) is 2.84. The third-order valence-electron chi connectivity index (χ3n) is 2.75. The summed E-state index contributed by atoms with van der Waals surface area (Å²) in [7, 11) is 0. The number of rotatable bonds is 3. The van der Waals surface area contributed by atoms with Crippen LogP contribution in [-0.4, -0.2) is 43.8 Å². The number of aliphatic hydroxyl groups is 2. The van der Waals surface area contributed by atoms with Crippen LogP contribution < -0.4 is 11.2 Å². The molecule has 1 aliphatic heterocycles. The summed E-state index contributed by atoms with van der Waals surface area (Å²) in [5.74, 6) is 0. The van der Waals surface area contributed by atoms with E-state index in [4.69, 9.17) is 9.84 Å². The lowest BCUT2D eigenvalue weighted by atomic mass is 10.2. The Morgan fingerprint density at radius 2 is 2.32 bits per heavy atom. The van der Waals surface area contributed by atoms with Crippen LogP contribution in [-0.2, 0) is 4.74 Å². The lowest BCUT2D eigenvalue weighted by Crippen LogP contribution is -2.36. The van der Waals surface area contributed by atoms with Crippen LogP contribution in [0.4, 0.5) is 0 Å². The second-order valence-electron chi connectivity index (χ2n) is 4.00. The summed E-state index contributed by atoms with van der Waals surface area (Å²) in [4.78, 5) is 26.7. The van der Waals surface area contributed by atoms with E-state index in [-0.39, 0.29) is 18.7 Å². The Labute approximate surface area is 115 Å². The molecule has 104 valence electrons. The third-order valence-corrected chi connectivity index (χ3v) is 3.02. The minimum absolute atomic E-state index is 0.0296. The van der Waals surface area contributed by atoms with Gasteiger partial charge < -0.3 is 14.9 Å². The summed E-state index contributed by atoms with van der Waals surface area (Å²) < 4.78 is 6.25. The van der Waals surface area contributed by atoms with Gasteiger partial charge in [0.2, 0.25) is 0 Å². The Balaban J connectivity index is 2.38. The van der Waals surface area contributed by atoms with E-state index in [0.717, 1.165) is 4.68 Å². The molecule has 0 saturated carbocycles. The van der Waals surface area contributed by atoms with E-state index in [1.807, 2.05) is 0 Å². The molecule has 1 fully saturated rings. The summed E-state index contributed by atoms with van der Waals surface area (Å²) >= 11 is 3.01.